The van der Waals surface area contributed by atoms with Crippen molar-refractivity contribution in [1.82, 2.24) is 0 Å². The number of ether oxygens (including phenoxy) is 2. The first kappa shape index (κ1) is 42.6. The predicted octanol–water partition coefficient (Wildman–Crippen LogP) is -6.30. The van der Waals surface area contributed by atoms with Crippen LogP contribution in [0.1, 0.15) is 10.4 Å². The molecule has 0 fully saturated rings. The number of fused-ring (bicyclic) bond motifs is 1. The van der Waals surface area contributed by atoms with E-state index in [1.54, 1.807) is 18.2 Å². The molecule has 0 spiro atoms. The van der Waals surface area contributed by atoms with E-state index in [9.17, 15) is 30.2 Å². The molecule has 0 aliphatic heterocycles. The summed E-state index contributed by atoms with van der Waals surface area (Å²) in [5, 5.41) is 64.0. The van der Waals surface area contributed by atoms with Gasteiger partial charge in [-0.3, -0.25) is 5.04 Å². The predicted molar refractivity (Wildman–Crippen MR) is 141 cm³/mol. The van der Waals surface area contributed by atoms with E-state index in [0.717, 1.165) is 0 Å². The number of hydrogen-bond acceptors (Lipinski definition) is 16. The van der Waals surface area contributed by atoms with Crippen molar-refractivity contribution in [3.63, 3.8) is 0 Å². The zero-order valence-corrected chi connectivity index (χ0v) is 34.6. The van der Waals surface area contributed by atoms with E-state index in [-0.39, 0.29) is 199 Å². The third kappa shape index (κ3) is 11.9. The third-order valence-electron chi connectivity index (χ3n) is 5.47. The van der Waals surface area contributed by atoms with Gasteiger partial charge in [0.15, 0.2) is 5.75 Å². The molecule has 0 saturated heterocycles. The maximum Gasteiger partial charge on any atom is 1.00 e. The summed E-state index contributed by atoms with van der Waals surface area (Å²) in [6.07, 6.45) is 0. The van der Waals surface area contributed by atoms with Gasteiger partial charge < -0.3 is 45.4 Å². The molecule has 0 bridgehead atoms. The molecule has 0 saturated carbocycles. The van der Waals surface area contributed by atoms with Crippen molar-refractivity contribution in [2.75, 3.05) is 19.5 Å². The van der Waals surface area contributed by atoms with Crippen molar-refractivity contribution in [1.29, 1.82) is 0 Å². The Morgan fingerprint density at radius 2 is 1.53 bits per heavy atom. The van der Waals surface area contributed by atoms with Gasteiger partial charge in [0.2, 0.25) is 0 Å². The Morgan fingerprint density at radius 3 is 2.16 bits per heavy atom. The van der Waals surface area contributed by atoms with Gasteiger partial charge in [0.1, 0.15) is 35.2 Å². The van der Waals surface area contributed by atoms with Gasteiger partial charge in [-0.05, 0) is 41.3 Å². The number of rotatable bonds is 12. The fourth-order valence-corrected chi connectivity index (χ4v) is 4.05. The summed E-state index contributed by atoms with van der Waals surface area (Å²) in [7, 11) is 1.33. The minimum absolute atomic E-state index is 0. The average Bonchev–Trinajstić information content (AvgIpc) is 2.98. The molecule has 0 aromatic heterocycles. The van der Waals surface area contributed by atoms with E-state index in [0.29, 0.717) is 34.2 Å². The number of aromatic hydroxyl groups is 1. The Labute approximate surface area is 387 Å². The summed E-state index contributed by atoms with van der Waals surface area (Å²) < 4.78 is 15.1. The summed E-state index contributed by atoms with van der Waals surface area (Å²) in [5.74, 6) is -3.23. The molecule has 4 aromatic rings. The number of phenolic OH excluding ortho intramolecular Hbond substituents is 1. The molecule has 3 N–H and O–H groups in total. The van der Waals surface area contributed by atoms with Crippen LogP contribution < -0.4 is 185 Å². The number of aromatic carboxylic acids is 1. The van der Waals surface area contributed by atoms with E-state index in [1.807, 2.05) is 0 Å². The van der Waals surface area contributed by atoms with Gasteiger partial charge in [-0.1, -0.05) is 18.2 Å². The molecule has 4 aromatic carbocycles. The molecule has 0 aliphatic carbocycles. The van der Waals surface area contributed by atoms with Crippen molar-refractivity contribution < 1.29 is 203 Å². The van der Waals surface area contributed by atoms with Crippen LogP contribution in [0.25, 0.3) is 10.8 Å². The number of benzene rings is 4. The fourth-order valence-electron chi connectivity index (χ4n) is 3.56. The van der Waals surface area contributed by atoms with E-state index in [1.165, 1.54) is 49.6 Å². The summed E-state index contributed by atoms with van der Waals surface area (Å²) in [4.78, 5) is 22.2. The number of nitrogens with zero attached hydrogens (tertiary/aromatic N) is 4. The number of nitrogen functional groups attached to an aromatic ring is 1. The maximum absolute atomic E-state index is 11.1. The Kier molecular flexibility index (Phi) is 19.8. The molecule has 0 aliphatic rings. The van der Waals surface area contributed by atoms with Crippen molar-refractivity contribution in [2.24, 2.45) is 20.5 Å². The van der Waals surface area contributed by atoms with E-state index in [4.69, 9.17) is 15.2 Å². The first-order valence-corrected chi connectivity index (χ1v) is 12.3. The second-order valence-corrected chi connectivity index (χ2v) is 8.90. The monoisotopic (exact) mass is 709 g/mol. The number of carbonyl (C=O) groups is 2. The average molecular weight is 710 g/mol. The molecule has 45 heavy (non-hydrogen) atoms. The standard InChI is InChI=1S/C26H21N5O10S.3K/c1-38-20-10-19(30-31-24-22(42-41-40-37)8-14-2-5-15(27)9-17(14)25(24)34)21(39-12-23(32)33)11-18(20)29-28-16-6-3-13(4-7-16)26(35)36;;;/h2-11,34,37H,12,27H2,1H3,(H,32,33)(H,35,36);;;/q;3*+1/p-3. The van der Waals surface area contributed by atoms with Crippen LogP contribution in [-0.4, -0.2) is 30.8 Å². The normalized spacial score (nSPS) is 10.6. The summed E-state index contributed by atoms with van der Waals surface area (Å²) in [6, 6.07) is 14.3. The van der Waals surface area contributed by atoms with Crippen molar-refractivity contribution in [3.8, 4) is 17.2 Å². The quantitative estimate of drug-likeness (QED) is 0.0349. The smallest absolute Gasteiger partial charge is 0.691 e. The van der Waals surface area contributed by atoms with Crippen molar-refractivity contribution in [2.45, 2.75) is 4.90 Å². The van der Waals surface area contributed by atoms with E-state index in [2.05, 4.69) is 29.8 Å². The minimum Gasteiger partial charge on any atom is -0.691 e. The van der Waals surface area contributed by atoms with Crippen LogP contribution in [0.2, 0.25) is 0 Å². The number of anilines is 1. The molecule has 15 nitrogen and oxygen atoms in total. The largest absolute Gasteiger partial charge is 1.00 e. The molecular weight excluding hydrogens is 692 g/mol. The Morgan fingerprint density at radius 1 is 0.889 bits per heavy atom. The van der Waals surface area contributed by atoms with Gasteiger partial charge in [0, 0.05) is 23.2 Å². The summed E-state index contributed by atoms with van der Waals surface area (Å²) in [6.45, 7) is -0.855. The number of phenols is 1. The topological polar surface area (TPSA) is 236 Å². The number of hydrogen-bond donors (Lipinski definition) is 2. The van der Waals surface area contributed by atoms with Crippen LogP contribution in [0, 0.1) is 0 Å². The Bertz CT molecular complexity index is 1710. The Hall–Kier alpha value is -0.381. The number of azo groups is 2. The molecule has 0 heterocycles. The molecular formula is C26H18K3N5O10S. The first-order chi connectivity index (χ1) is 20.2. The fraction of sp³-hybridized carbons (Fsp3) is 0.0769. The summed E-state index contributed by atoms with van der Waals surface area (Å²) in [5.41, 5.74) is 6.37. The second-order valence-electron chi connectivity index (χ2n) is 8.16. The first-order valence-electron chi connectivity index (χ1n) is 11.6. The zero-order valence-electron chi connectivity index (χ0n) is 24.4. The Balaban J connectivity index is 0.00000337. The SMILES string of the molecule is COc1cc(N=Nc2c(SOO[O-])cc3ccc(N)cc3c2O)c(OCC(=O)[O-])cc1N=Nc1ccc(C(=O)[O-])cc1.[K+].[K+].[K+]. The number of methoxy groups -OCH3 is 1. The third-order valence-corrected chi connectivity index (χ3v) is 6.08. The van der Waals surface area contributed by atoms with Gasteiger partial charge >= 0.3 is 154 Å². The molecule has 0 amide bonds. The van der Waals surface area contributed by atoms with Gasteiger partial charge in [0.25, 0.3) is 0 Å². The number of carbonyl (C=O) groups excluding carboxylic acids is 2. The van der Waals surface area contributed by atoms with Gasteiger partial charge in [-0.2, -0.15) is 9.45 Å². The number of aliphatic carboxylic acids is 1. The van der Waals surface area contributed by atoms with Crippen LogP contribution in [-0.2, 0) is 14.2 Å². The van der Waals surface area contributed by atoms with Crippen LogP contribution in [0.15, 0.2) is 86.0 Å². The molecule has 0 atom stereocenters. The molecule has 0 radical (unpaired) electrons. The van der Waals surface area contributed by atoms with Gasteiger partial charge in [0.05, 0.1) is 41.7 Å². The molecule has 4 rings (SSSR count). The van der Waals surface area contributed by atoms with Crippen LogP contribution >= 0.6 is 12.0 Å². The number of nitrogens with two attached hydrogens (primary N) is 1. The number of carboxylic acids is 2. The van der Waals surface area contributed by atoms with E-state index >= 15 is 0 Å². The van der Waals surface area contributed by atoms with Crippen molar-refractivity contribution in [3.05, 3.63) is 66.2 Å². The van der Waals surface area contributed by atoms with Gasteiger partial charge in [-0.25, -0.2) is 0 Å². The van der Waals surface area contributed by atoms with Crippen LogP contribution in [0.3, 0.4) is 0 Å². The number of carboxylic acid groups (broad SMARTS) is 2. The molecule has 216 valence electrons. The maximum atomic E-state index is 11.1. The molecule has 19 heteroatoms. The summed E-state index contributed by atoms with van der Waals surface area (Å²) >= 11 is 0.466. The minimum atomic E-state index is -1.52. The second kappa shape index (κ2) is 20.9. The van der Waals surface area contributed by atoms with Crippen LogP contribution in [0.5, 0.6) is 17.2 Å². The zero-order chi connectivity index (χ0) is 30.2. The van der Waals surface area contributed by atoms with Crippen molar-refractivity contribution >= 4 is 63.2 Å². The molecule has 0 unspecified atom stereocenters. The van der Waals surface area contributed by atoms with Crippen LogP contribution in [0.4, 0.5) is 28.4 Å². The van der Waals surface area contributed by atoms with Gasteiger partial charge in [-0.15, -0.1) is 15.3 Å². The van der Waals surface area contributed by atoms with E-state index < -0.39 is 18.5 Å².